The van der Waals surface area contributed by atoms with Crippen molar-refractivity contribution in [2.75, 3.05) is 7.05 Å². The van der Waals surface area contributed by atoms with Crippen LogP contribution in [0.2, 0.25) is 0 Å². The van der Waals surface area contributed by atoms with Crippen LogP contribution in [0.5, 0.6) is 0 Å². The average Bonchev–Trinajstić information content (AvgIpc) is 3.19. The van der Waals surface area contributed by atoms with Crippen molar-refractivity contribution in [3.05, 3.63) is 39.9 Å². The number of benzene rings is 1. The van der Waals surface area contributed by atoms with E-state index >= 15 is 0 Å². The van der Waals surface area contributed by atoms with Crippen molar-refractivity contribution in [3.63, 3.8) is 0 Å². The van der Waals surface area contributed by atoms with Crippen molar-refractivity contribution in [1.82, 2.24) is 4.90 Å². The van der Waals surface area contributed by atoms with Crippen LogP contribution in [0.1, 0.15) is 18.4 Å². The molecule has 0 aromatic heterocycles. The summed E-state index contributed by atoms with van der Waals surface area (Å²) < 4.78 is 0. The Labute approximate surface area is 115 Å². The minimum atomic E-state index is -1.32. The first kappa shape index (κ1) is 14.0. The van der Waals surface area contributed by atoms with Crippen LogP contribution in [0, 0.1) is 15.5 Å². The molecule has 1 fully saturated rings. The summed E-state index contributed by atoms with van der Waals surface area (Å²) in [4.78, 5) is 34.9. The fraction of sp³-hybridized carbons (Fsp3) is 0.385. The zero-order chi connectivity index (χ0) is 14.9. The van der Waals surface area contributed by atoms with Crippen LogP contribution in [-0.2, 0) is 16.1 Å². The maximum absolute atomic E-state index is 12.1. The quantitative estimate of drug-likeness (QED) is 0.498. The van der Waals surface area contributed by atoms with Gasteiger partial charge in [-0.1, -0.05) is 18.2 Å². The van der Waals surface area contributed by atoms with E-state index in [-0.39, 0.29) is 12.2 Å². The lowest BCUT2D eigenvalue weighted by Gasteiger charge is -2.21. The fourth-order valence-electron chi connectivity index (χ4n) is 2.16. The molecule has 0 saturated heterocycles. The van der Waals surface area contributed by atoms with E-state index in [0.717, 1.165) is 0 Å². The van der Waals surface area contributed by atoms with Crippen LogP contribution in [-0.4, -0.2) is 33.9 Å². The Bertz CT molecular complexity index is 580. The summed E-state index contributed by atoms with van der Waals surface area (Å²) >= 11 is 0. The van der Waals surface area contributed by atoms with E-state index in [1.807, 2.05) is 0 Å². The molecule has 7 heteroatoms. The van der Waals surface area contributed by atoms with Crippen LogP contribution in [0.25, 0.3) is 0 Å². The standard InChI is InChI=1S/C13H14N2O5/c1-14(11(16)13(6-7-13)12(17)18)8-9-4-2-3-5-10(9)15(19)20/h2-5H,6-8H2,1H3,(H,17,18). The molecule has 1 aromatic rings. The SMILES string of the molecule is CN(Cc1ccccc1[N+](=O)[O-])C(=O)C1(C(=O)O)CC1. The van der Waals surface area contributed by atoms with E-state index in [1.54, 1.807) is 18.2 Å². The number of para-hydroxylation sites is 1. The minimum Gasteiger partial charge on any atom is -0.480 e. The van der Waals surface area contributed by atoms with Crippen LogP contribution in [0.3, 0.4) is 0 Å². The second kappa shape index (κ2) is 4.92. The predicted octanol–water partition coefficient (Wildman–Crippen LogP) is 1.42. The molecule has 1 aromatic carbocycles. The molecule has 106 valence electrons. The third kappa shape index (κ3) is 2.34. The van der Waals surface area contributed by atoms with Crippen molar-refractivity contribution in [1.29, 1.82) is 0 Å². The first-order valence-electron chi connectivity index (χ1n) is 6.10. The van der Waals surface area contributed by atoms with E-state index in [4.69, 9.17) is 5.11 Å². The summed E-state index contributed by atoms with van der Waals surface area (Å²) in [6.45, 7) is 0.0189. The Morgan fingerprint density at radius 2 is 2.00 bits per heavy atom. The number of nitro groups is 1. The second-order valence-corrected chi connectivity index (χ2v) is 4.93. The largest absolute Gasteiger partial charge is 0.480 e. The van der Waals surface area contributed by atoms with Crippen LogP contribution in [0.15, 0.2) is 24.3 Å². The number of amides is 1. The van der Waals surface area contributed by atoms with Gasteiger partial charge in [-0.05, 0) is 12.8 Å². The number of hydrogen-bond donors (Lipinski definition) is 1. The smallest absolute Gasteiger partial charge is 0.319 e. The van der Waals surface area contributed by atoms with Crippen molar-refractivity contribution >= 4 is 17.6 Å². The van der Waals surface area contributed by atoms with Gasteiger partial charge in [0.2, 0.25) is 5.91 Å². The Morgan fingerprint density at radius 3 is 2.50 bits per heavy atom. The highest BCUT2D eigenvalue weighted by Crippen LogP contribution is 2.47. The molecule has 0 atom stereocenters. The zero-order valence-corrected chi connectivity index (χ0v) is 10.9. The summed E-state index contributed by atoms with van der Waals surface area (Å²) in [5.41, 5.74) is -1.01. The number of rotatable bonds is 5. The number of aliphatic carboxylic acids is 1. The number of carboxylic acid groups (broad SMARTS) is 1. The monoisotopic (exact) mass is 278 g/mol. The van der Waals surface area contributed by atoms with Crippen molar-refractivity contribution in [2.24, 2.45) is 5.41 Å². The van der Waals surface area contributed by atoms with Gasteiger partial charge in [0.25, 0.3) is 5.69 Å². The Kier molecular flexibility index (Phi) is 3.44. The third-order valence-electron chi connectivity index (χ3n) is 3.51. The van der Waals surface area contributed by atoms with E-state index in [9.17, 15) is 19.7 Å². The van der Waals surface area contributed by atoms with Gasteiger partial charge in [0, 0.05) is 18.7 Å². The van der Waals surface area contributed by atoms with Gasteiger partial charge in [-0.15, -0.1) is 0 Å². The molecule has 1 amide bonds. The zero-order valence-electron chi connectivity index (χ0n) is 10.9. The molecule has 0 bridgehead atoms. The third-order valence-corrected chi connectivity index (χ3v) is 3.51. The van der Waals surface area contributed by atoms with Gasteiger partial charge in [-0.25, -0.2) is 0 Å². The molecule has 1 saturated carbocycles. The minimum absolute atomic E-state index is 0.0189. The maximum Gasteiger partial charge on any atom is 0.319 e. The molecule has 1 aliphatic rings. The molecule has 1 N–H and O–H groups in total. The fourth-order valence-corrected chi connectivity index (χ4v) is 2.16. The van der Waals surface area contributed by atoms with Gasteiger partial charge in [-0.2, -0.15) is 0 Å². The van der Waals surface area contributed by atoms with E-state index in [0.29, 0.717) is 18.4 Å². The van der Waals surface area contributed by atoms with E-state index < -0.39 is 22.2 Å². The number of carbonyl (C=O) groups is 2. The molecule has 0 unspecified atom stereocenters. The van der Waals surface area contributed by atoms with Gasteiger partial charge in [0.1, 0.15) is 5.41 Å². The first-order chi connectivity index (χ1) is 9.38. The molecule has 0 aliphatic heterocycles. The number of carboxylic acids is 1. The molecule has 0 heterocycles. The molecule has 1 aliphatic carbocycles. The van der Waals surface area contributed by atoms with Gasteiger partial charge >= 0.3 is 5.97 Å². The van der Waals surface area contributed by atoms with Gasteiger partial charge in [0.05, 0.1) is 11.5 Å². The summed E-state index contributed by atoms with van der Waals surface area (Å²) in [6, 6.07) is 6.10. The summed E-state index contributed by atoms with van der Waals surface area (Å²) in [5.74, 6) is -1.62. The molecule has 0 radical (unpaired) electrons. The first-order valence-corrected chi connectivity index (χ1v) is 6.10. The molecule has 20 heavy (non-hydrogen) atoms. The number of hydrogen-bond acceptors (Lipinski definition) is 4. The average molecular weight is 278 g/mol. The lowest BCUT2D eigenvalue weighted by atomic mass is 10.1. The Morgan fingerprint density at radius 1 is 1.40 bits per heavy atom. The van der Waals surface area contributed by atoms with Crippen LogP contribution < -0.4 is 0 Å². The van der Waals surface area contributed by atoms with Crippen LogP contribution in [0.4, 0.5) is 5.69 Å². The highest BCUT2D eigenvalue weighted by atomic mass is 16.6. The highest BCUT2D eigenvalue weighted by molar-refractivity contribution is 6.04. The molecule has 0 spiro atoms. The van der Waals surface area contributed by atoms with Crippen molar-refractivity contribution < 1.29 is 19.6 Å². The van der Waals surface area contributed by atoms with Gasteiger partial charge in [-0.3, -0.25) is 19.7 Å². The number of carbonyl (C=O) groups excluding carboxylic acids is 1. The molecule has 7 nitrogen and oxygen atoms in total. The van der Waals surface area contributed by atoms with Crippen LogP contribution >= 0.6 is 0 Å². The van der Waals surface area contributed by atoms with Gasteiger partial charge < -0.3 is 10.0 Å². The molecular formula is C13H14N2O5. The molecule has 2 rings (SSSR count). The summed E-state index contributed by atoms with van der Waals surface area (Å²) in [7, 11) is 1.46. The highest BCUT2D eigenvalue weighted by Gasteiger charge is 2.58. The number of nitro benzene ring substituents is 1. The Hall–Kier alpha value is -2.44. The Balaban J connectivity index is 2.17. The topological polar surface area (TPSA) is 101 Å². The second-order valence-electron chi connectivity index (χ2n) is 4.93. The van der Waals surface area contributed by atoms with E-state index in [2.05, 4.69) is 0 Å². The maximum atomic E-state index is 12.1. The normalized spacial score (nSPS) is 15.4. The summed E-state index contributed by atoms with van der Waals surface area (Å²) in [6.07, 6.45) is 0.644. The number of nitrogens with zero attached hydrogens (tertiary/aromatic N) is 2. The lowest BCUT2D eigenvalue weighted by Crippen LogP contribution is -2.38. The molecular weight excluding hydrogens is 264 g/mol. The predicted molar refractivity (Wildman–Crippen MR) is 68.9 cm³/mol. The van der Waals surface area contributed by atoms with E-state index in [1.165, 1.54) is 18.0 Å². The van der Waals surface area contributed by atoms with Crippen molar-refractivity contribution in [2.45, 2.75) is 19.4 Å². The van der Waals surface area contributed by atoms with Gasteiger partial charge in [0.15, 0.2) is 0 Å². The van der Waals surface area contributed by atoms with Crippen molar-refractivity contribution in [3.8, 4) is 0 Å². The summed E-state index contributed by atoms with van der Waals surface area (Å²) in [5, 5.41) is 20.0. The lowest BCUT2D eigenvalue weighted by molar-refractivity contribution is -0.385.